The Morgan fingerprint density at radius 2 is 1.64 bits per heavy atom. The second-order valence-corrected chi connectivity index (χ2v) is 10.9. The minimum Gasteiger partial charge on any atom is -0.276 e. The first-order valence-corrected chi connectivity index (χ1v) is 11.9. The molecule has 0 amide bonds. The van der Waals surface area contributed by atoms with Gasteiger partial charge in [-0.1, -0.05) is 11.3 Å². The van der Waals surface area contributed by atoms with Crippen LogP contribution in [0.4, 0.5) is 18.9 Å². The van der Waals surface area contributed by atoms with Gasteiger partial charge in [-0.2, -0.15) is 30.0 Å². The quantitative estimate of drug-likeness (QED) is 0.589. The van der Waals surface area contributed by atoms with Crippen LogP contribution < -0.4 is 14.7 Å². The Labute approximate surface area is 160 Å². The number of benzene rings is 1. The predicted molar refractivity (Wildman–Crippen MR) is 90.2 cm³/mol. The molecule has 0 radical (unpaired) electrons. The third-order valence-electron chi connectivity index (χ3n) is 2.84. The van der Waals surface area contributed by atoms with Crippen molar-refractivity contribution in [3.05, 3.63) is 29.1 Å². The molecule has 0 saturated heterocycles. The molecule has 156 valence electrons. The first kappa shape index (κ1) is 22.3. The molecule has 0 saturated carbocycles. The third-order valence-corrected chi connectivity index (χ3v) is 7.66. The van der Waals surface area contributed by atoms with Gasteiger partial charge in [0.2, 0.25) is 9.14 Å². The summed E-state index contributed by atoms with van der Waals surface area (Å²) in [6, 6.07) is 3.20. The number of halogens is 3. The molecule has 0 aliphatic rings. The van der Waals surface area contributed by atoms with E-state index in [0.29, 0.717) is 11.3 Å². The van der Waals surface area contributed by atoms with E-state index in [1.165, 1.54) is 11.8 Å². The first-order chi connectivity index (χ1) is 12.5. The van der Waals surface area contributed by atoms with Crippen LogP contribution in [0, 0.1) is 0 Å². The molecule has 3 N–H and O–H groups in total. The summed E-state index contributed by atoms with van der Waals surface area (Å²) in [6.07, 6.45) is 0. The van der Waals surface area contributed by atoms with Crippen molar-refractivity contribution in [1.29, 1.82) is 0 Å². The van der Waals surface area contributed by atoms with E-state index in [2.05, 4.69) is 9.50 Å². The molecule has 0 atom stereocenters. The number of nitrogens with zero attached hydrogens (tertiary/aromatic N) is 3. The fourth-order valence-electron chi connectivity index (χ4n) is 1.59. The molecular formula is C10H10F3N5O6S4. The molecular weight excluding hydrogens is 471 g/mol. The number of anilines is 1. The average Bonchev–Trinajstić information content (AvgIpc) is 2.87. The van der Waals surface area contributed by atoms with Crippen molar-refractivity contribution in [3.63, 3.8) is 0 Å². The molecule has 1 aromatic heterocycles. The lowest BCUT2D eigenvalue weighted by Gasteiger charge is -2.10. The van der Waals surface area contributed by atoms with E-state index in [1.54, 1.807) is 0 Å². The lowest BCUT2D eigenvalue weighted by molar-refractivity contribution is -0.0429. The molecule has 2 aromatic rings. The van der Waals surface area contributed by atoms with Crippen LogP contribution in [0.15, 0.2) is 37.9 Å². The summed E-state index contributed by atoms with van der Waals surface area (Å²) in [5.41, 5.74) is -6.08. The Balaban J connectivity index is 2.40. The van der Waals surface area contributed by atoms with E-state index in [0.717, 1.165) is 28.9 Å². The zero-order valence-corrected chi connectivity index (χ0v) is 16.7. The molecule has 2 rings (SSSR count). The number of rotatable bonds is 5. The second kappa shape index (κ2) is 7.10. The topological polar surface area (TPSA) is 171 Å². The van der Waals surface area contributed by atoms with Crippen molar-refractivity contribution in [1.82, 2.24) is 9.78 Å². The summed E-state index contributed by atoms with van der Waals surface area (Å²) in [7, 11) is -13.1. The van der Waals surface area contributed by atoms with Crippen LogP contribution >= 0.6 is 11.3 Å². The SMILES string of the molecule is Cn1nc(S(N)(=O)=O)sc1=NS(=O)(=O)c1ccc(NS(=O)(=O)C(F)(F)F)cc1. The Morgan fingerprint density at radius 1 is 1.11 bits per heavy atom. The largest absolute Gasteiger partial charge is 0.516 e. The van der Waals surface area contributed by atoms with Crippen molar-refractivity contribution < 1.29 is 38.4 Å². The Hall–Kier alpha value is -2.02. The molecule has 1 aromatic carbocycles. The third kappa shape index (κ3) is 4.87. The maximum absolute atomic E-state index is 12.3. The number of primary sulfonamides is 1. The van der Waals surface area contributed by atoms with Gasteiger partial charge in [0, 0.05) is 12.7 Å². The molecule has 11 nitrogen and oxygen atoms in total. The normalized spacial score (nSPS) is 14.2. The van der Waals surface area contributed by atoms with Gasteiger partial charge in [-0.25, -0.2) is 18.2 Å². The maximum atomic E-state index is 12.3. The first-order valence-electron chi connectivity index (χ1n) is 6.60. The number of aromatic nitrogens is 2. The number of nitrogens with two attached hydrogens (primary N) is 1. The molecule has 0 unspecified atom stereocenters. The summed E-state index contributed by atoms with van der Waals surface area (Å²) >= 11 is 0.378. The van der Waals surface area contributed by atoms with Crippen LogP contribution in [0.5, 0.6) is 0 Å². The average molecular weight is 481 g/mol. The maximum Gasteiger partial charge on any atom is 0.516 e. The van der Waals surface area contributed by atoms with E-state index in [4.69, 9.17) is 5.14 Å². The van der Waals surface area contributed by atoms with Gasteiger partial charge in [-0.15, -0.1) is 9.50 Å². The van der Waals surface area contributed by atoms with Gasteiger partial charge in [-0.3, -0.25) is 4.72 Å². The lowest BCUT2D eigenvalue weighted by Crippen LogP contribution is -2.29. The van der Waals surface area contributed by atoms with Crippen LogP contribution in [-0.2, 0) is 37.1 Å². The molecule has 0 bridgehead atoms. The van der Waals surface area contributed by atoms with E-state index in [9.17, 15) is 38.4 Å². The number of hydrogen-bond acceptors (Lipinski definition) is 8. The van der Waals surface area contributed by atoms with Crippen molar-refractivity contribution in [2.75, 3.05) is 4.72 Å². The minimum atomic E-state index is -5.67. The number of aryl methyl sites for hydroxylation is 1. The van der Waals surface area contributed by atoms with Crippen molar-refractivity contribution in [3.8, 4) is 0 Å². The van der Waals surface area contributed by atoms with Gasteiger partial charge < -0.3 is 0 Å². The van der Waals surface area contributed by atoms with E-state index < -0.39 is 50.5 Å². The molecule has 1 heterocycles. The van der Waals surface area contributed by atoms with Crippen LogP contribution in [-0.4, -0.2) is 40.5 Å². The van der Waals surface area contributed by atoms with Crippen molar-refractivity contribution in [2.45, 2.75) is 14.7 Å². The van der Waals surface area contributed by atoms with E-state index in [-0.39, 0.29) is 4.80 Å². The molecule has 0 aliphatic carbocycles. The molecule has 0 fully saturated rings. The van der Waals surface area contributed by atoms with Gasteiger partial charge in [0.1, 0.15) is 0 Å². The van der Waals surface area contributed by atoms with Gasteiger partial charge in [0.25, 0.3) is 20.0 Å². The lowest BCUT2D eigenvalue weighted by atomic mass is 10.3. The number of alkyl halides is 3. The highest BCUT2D eigenvalue weighted by molar-refractivity contribution is 7.93. The van der Waals surface area contributed by atoms with Crippen LogP contribution in [0.25, 0.3) is 0 Å². The van der Waals surface area contributed by atoms with Crippen LogP contribution in [0.1, 0.15) is 0 Å². The van der Waals surface area contributed by atoms with Gasteiger partial charge in [0.15, 0.2) is 0 Å². The van der Waals surface area contributed by atoms with E-state index >= 15 is 0 Å². The summed E-state index contributed by atoms with van der Waals surface area (Å²) in [5.74, 6) is 0. The Kier molecular flexibility index (Phi) is 5.65. The molecule has 28 heavy (non-hydrogen) atoms. The Morgan fingerprint density at radius 3 is 2.07 bits per heavy atom. The Bertz CT molecular complexity index is 1270. The van der Waals surface area contributed by atoms with Crippen molar-refractivity contribution >= 4 is 47.1 Å². The van der Waals surface area contributed by atoms with Gasteiger partial charge in [-0.05, 0) is 24.3 Å². The predicted octanol–water partition coefficient (Wildman–Crippen LogP) is -0.320. The zero-order valence-electron chi connectivity index (χ0n) is 13.4. The number of nitrogens with one attached hydrogen (secondary N) is 1. The van der Waals surface area contributed by atoms with Crippen LogP contribution in [0.3, 0.4) is 0 Å². The smallest absolute Gasteiger partial charge is 0.276 e. The van der Waals surface area contributed by atoms with Crippen LogP contribution in [0.2, 0.25) is 0 Å². The van der Waals surface area contributed by atoms with E-state index in [1.807, 2.05) is 0 Å². The second-order valence-electron chi connectivity index (χ2n) is 4.96. The van der Waals surface area contributed by atoms with Crippen molar-refractivity contribution in [2.24, 2.45) is 16.6 Å². The highest BCUT2D eigenvalue weighted by atomic mass is 32.2. The van der Waals surface area contributed by atoms with Gasteiger partial charge in [0.05, 0.1) is 4.90 Å². The summed E-state index contributed by atoms with van der Waals surface area (Å²) < 4.78 is 111. The molecule has 0 aliphatic heterocycles. The number of hydrogen-bond donors (Lipinski definition) is 2. The summed E-state index contributed by atoms with van der Waals surface area (Å²) in [6.45, 7) is 0. The van der Waals surface area contributed by atoms with Gasteiger partial charge >= 0.3 is 15.5 Å². The fraction of sp³-hybridized carbons (Fsp3) is 0.200. The standard InChI is InChI=1S/C10H10F3N5O6S4/c1-18-8(25-9(15-18)26(14,19)20)17-27(21,22)7-4-2-6(3-5-7)16-28(23,24)10(11,12)13/h2-5,16H,1H3,(H2,14,19,20). The monoisotopic (exact) mass is 481 g/mol. The summed E-state index contributed by atoms with van der Waals surface area (Å²) in [5, 5.41) is 8.41. The molecule has 0 spiro atoms. The molecule has 18 heteroatoms. The highest BCUT2D eigenvalue weighted by Gasteiger charge is 2.46. The highest BCUT2D eigenvalue weighted by Crippen LogP contribution is 2.26. The minimum absolute atomic E-state index is 0.342. The zero-order chi connectivity index (χ0) is 21.5. The summed E-state index contributed by atoms with van der Waals surface area (Å²) in [4.78, 5) is -0.834. The fourth-order valence-corrected chi connectivity index (χ4v) is 4.92. The number of sulfonamides is 3.